The van der Waals surface area contributed by atoms with E-state index in [1.165, 1.54) is 5.57 Å². The van der Waals surface area contributed by atoms with Crippen molar-refractivity contribution in [3.8, 4) is 0 Å². The first-order chi connectivity index (χ1) is 7.63. The summed E-state index contributed by atoms with van der Waals surface area (Å²) in [5, 5.41) is 0. The van der Waals surface area contributed by atoms with Crippen LogP contribution in [0, 0.1) is 0 Å². The molecule has 1 heterocycles. The molecule has 1 rings (SSSR count). The van der Waals surface area contributed by atoms with Crippen molar-refractivity contribution in [2.24, 2.45) is 4.99 Å². The minimum atomic E-state index is 0.321. The van der Waals surface area contributed by atoms with Gasteiger partial charge in [0.25, 0.3) is 0 Å². The van der Waals surface area contributed by atoms with Crippen molar-refractivity contribution in [2.75, 3.05) is 7.05 Å². The third-order valence-corrected chi connectivity index (χ3v) is 2.92. The van der Waals surface area contributed by atoms with E-state index in [9.17, 15) is 0 Å². The molecule has 86 valence electrons. The van der Waals surface area contributed by atoms with Gasteiger partial charge in [-0.2, -0.15) is 0 Å². The highest BCUT2D eigenvalue weighted by Crippen LogP contribution is 2.25. The molecular weight excluding hydrogens is 196 g/mol. The zero-order valence-corrected chi connectivity index (χ0v) is 10.2. The predicted molar refractivity (Wildman–Crippen MR) is 71.5 cm³/mol. The van der Waals surface area contributed by atoms with Gasteiger partial charge in [-0.3, -0.25) is 0 Å². The summed E-state index contributed by atoms with van der Waals surface area (Å²) in [6.07, 6.45) is 7.37. The molecule has 1 aliphatic heterocycles. The molecule has 0 spiro atoms. The molecule has 0 amide bonds. The zero-order chi connectivity index (χ0) is 12.1. The van der Waals surface area contributed by atoms with Crippen molar-refractivity contribution < 1.29 is 0 Å². The number of rotatable bonds is 4. The average molecular weight is 216 g/mol. The van der Waals surface area contributed by atoms with Gasteiger partial charge >= 0.3 is 0 Å². The Morgan fingerprint density at radius 2 is 2.25 bits per heavy atom. The molecule has 0 saturated carbocycles. The van der Waals surface area contributed by atoms with E-state index in [4.69, 9.17) is 0 Å². The smallest absolute Gasteiger partial charge is 0.129 e. The summed E-state index contributed by atoms with van der Waals surface area (Å²) in [6, 6.07) is 0.321. The summed E-state index contributed by atoms with van der Waals surface area (Å²) < 4.78 is 0. The van der Waals surface area contributed by atoms with Gasteiger partial charge in [-0.15, -0.1) is 0 Å². The zero-order valence-electron chi connectivity index (χ0n) is 10.2. The number of nitrogens with zero attached hydrogens (tertiary/aromatic N) is 2. The number of hydrogen-bond acceptors (Lipinski definition) is 2. The Morgan fingerprint density at radius 3 is 2.75 bits per heavy atom. The SMILES string of the molecule is C=C/C=C1/N=C(C=C)CC(C(=C)CC)N1C. The second-order valence-corrected chi connectivity index (χ2v) is 3.91. The summed E-state index contributed by atoms with van der Waals surface area (Å²) in [5.74, 6) is 0.927. The summed E-state index contributed by atoms with van der Waals surface area (Å²) in [6.45, 7) is 13.8. The molecule has 0 aromatic heterocycles. The van der Waals surface area contributed by atoms with E-state index in [0.717, 1.165) is 24.4 Å². The van der Waals surface area contributed by atoms with Crippen LogP contribution >= 0.6 is 0 Å². The lowest BCUT2D eigenvalue weighted by Crippen LogP contribution is -2.37. The molecule has 16 heavy (non-hydrogen) atoms. The number of aliphatic imine (C=N–C) groups is 1. The highest BCUT2D eigenvalue weighted by Gasteiger charge is 2.24. The lowest BCUT2D eigenvalue weighted by molar-refractivity contribution is 0.328. The number of likely N-dealkylation sites (N-methyl/N-ethyl adjacent to an activating group) is 1. The van der Waals surface area contributed by atoms with Crippen LogP contribution in [0.25, 0.3) is 0 Å². The van der Waals surface area contributed by atoms with E-state index in [0.29, 0.717) is 6.04 Å². The fraction of sp³-hybridized carbons (Fsp3) is 0.357. The van der Waals surface area contributed by atoms with E-state index in [1.807, 2.05) is 19.2 Å². The van der Waals surface area contributed by atoms with Crippen molar-refractivity contribution in [1.29, 1.82) is 0 Å². The Bertz CT molecular complexity index is 361. The van der Waals surface area contributed by atoms with Crippen LogP contribution in [0.15, 0.2) is 54.4 Å². The first-order valence-corrected chi connectivity index (χ1v) is 5.57. The molecule has 0 bridgehead atoms. The van der Waals surface area contributed by atoms with Gasteiger partial charge in [-0.1, -0.05) is 38.3 Å². The van der Waals surface area contributed by atoms with Gasteiger partial charge in [0, 0.05) is 19.2 Å². The predicted octanol–water partition coefficient (Wildman–Crippen LogP) is 3.31. The highest BCUT2D eigenvalue weighted by molar-refractivity contribution is 5.96. The minimum Gasteiger partial charge on any atom is -0.353 e. The molecule has 1 aliphatic rings. The van der Waals surface area contributed by atoms with E-state index in [-0.39, 0.29) is 0 Å². The Balaban J connectivity index is 3.06. The highest BCUT2D eigenvalue weighted by atomic mass is 15.2. The fourth-order valence-corrected chi connectivity index (χ4v) is 1.81. The van der Waals surface area contributed by atoms with E-state index >= 15 is 0 Å². The van der Waals surface area contributed by atoms with Crippen LogP contribution in [-0.4, -0.2) is 23.7 Å². The van der Waals surface area contributed by atoms with Gasteiger partial charge in [0.2, 0.25) is 0 Å². The maximum absolute atomic E-state index is 4.51. The molecule has 2 heteroatoms. The van der Waals surface area contributed by atoms with Crippen LogP contribution in [0.1, 0.15) is 19.8 Å². The Kier molecular flexibility index (Phi) is 4.29. The molecule has 0 N–H and O–H groups in total. The van der Waals surface area contributed by atoms with E-state index < -0.39 is 0 Å². The Hall–Kier alpha value is -1.57. The van der Waals surface area contributed by atoms with Crippen molar-refractivity contribution in [1.82, 2.24) is 4.90 Å². The van der Waals surface area contributed by atoms with Crippen LogP contribution in [0.2, 0.25) is 0 Å². The number of allylic oxidation sites excluding steroid dienone is 3. The maximum atomic E-state index is 4.51. The minimum absolute atomic E-state index is 0.321. The fourth-order valence-electron chi connectivity index (χ4n) is 1.81. The largest absolute Gasteiger partial charge is 0.353 e. The van der Waals surface area contributed by atoms with E-state index in [1.54, 1.807) is 6.08 Å². The molecule has 0 aromatic rings. The van der Waals surface area contributed by atoms with Gasteiger partial charge in [-0.05, 0) is 18.6 Å². The molecule has 0 radical (unpaired) electrons. The van der Waals surface area contributed by atoms with Gasteiger partial charge in [-0.25, -0.2) is 4.99 Å². The van der Waals surface area contributed by atoms with Crippen molar-refractivity contribution in [2.45, 2.75) is 25.8 Å². The normalized spacial score (nSPS) is 22.9. The van der Waals surface area contributed by atoms with Gasteiger partial charge in [0.15, 0.2) is 0 Å². The summed E-state index contributed by atoms with van der Waals surface area (Å²) >= 11 is 0. The van der Waals surface area contributed by atoms with Crippen LogP contribution in [0.3, 0.4) is 0 Å². The van der Waals surface area contributed by atoms with Crippen LogP contribution in [-0.2, 0) is 0 Å². The summed E-state index contributed by atoms with van der Waals surface area (Å²) in [5.41, 5.74) is 2.25. The lowest BCUT2D eigenvalue weighted by Gasteiger charge is -2.35. The van der Waals surface area contributed by atoms with Crippen LogP contribution in [0.5, 0.6) is 0 Å². The van der Waals surface area contributed by atoms with Crippen molar-refractivity contribution >= 4 is 5.71 Å². The topological polar surface area (TPSA) is 15.6 Å². The summed E-state index contributed by atoms with van der Waals surface area (Å²) in [4.78, 5) is 6.66. The third-order valence-electron chi connectivity index (χ3n) is 2.92. The summed E-state index contributed by atoms with van der Waals surface area (Å²) in [7, 11) is 2.05. The van der Waals surface area contributed by atoms with Crippen molar-refractivity contribution in [3.05, 3.63) is 49.4 Å². The third kappa shape index (κ3) is 2.51. The second-order valence-electron chi connectivity index (χ2n) is 3.91. The first kappa shape index (κ1) is 12.5. The first-order valence-electron chi connectivity index (χ1n) is 5.57. The van der Waals surface area contributed by atoms with Crippen LogP contribution in [0.4, 0.5) is 0 Å². The lowest BCUT2D eigenvalue weighted by atomic mass is 9.97. The molecule has 1 atom stereocenters. The maximum Gasteiger partial charge on any atom is 0.129 e. The second kappa shape index (κ2) is 5.50. The molecule has 0 aliphatic carbocycles. The Labute approximate surface area is 98.4 Å². The molecule has 2 nitrogen and oxygen atoms in total. The quantitative estimate of drug-likeness (QED) is 0.658. The standard InChI is InChI=1S/C14H20N2/c1-6-9-14-15-12(8-3)10-13(16(14)5)11(4)7-2/h6,8-9,13H,1,3-4,7,10H2,2,5H3/b14-9-. The van der Waals surface area contributed by atoms with E-state index in [2.05, 4.69) is 36.6 Å². The van der Waals surface area contributed by atoms with Gasteiger partial charge in [0.1, 0.15) is 5.82 Å². The van der Waals surface area contributed by atoms with Gasteiger partial charge < -0.3 is 4.90 Å². The molecule has 1 unspecified atom stereocenters. The van der Waals surface area contributed by atoms with Gasteiger partial charge in [0.05, 0.1) is 6.04 Å². The molecule has 0 aromatic carbocycles. The monoisotopic (exact) mass is 216 g/mol. The number of hydrogen-bond donors (Lipinski definition) is 0. The van der Waals surface area contributed by atoms with Crippen molar-refractivity contribution in [3.63, 3.8) is 0 Å². The molecular formula is C14H20N2. The average Bonchev–Trinajstić information content (AvgIpc) is 2.31. The van der Waals surface area contributed by atoms with Crippen LogP contribution < -0.4 is 0 Å². The molecule has 0 fully saturated rings. The molecule has 0 saturated heterocycles. The Morgan fingerprint density at radius 1 is 1.56 bits per heavy atom.